The minimum atomic E-state index is -1.52. The fourth-order valence-corrected chi connectivity index (χ4v) is 11.8. The summed E-state index contributed by atoms with van der Waals surface area (Å²) in [4.78, 5) is 0. The molecule has 0 bridgehead atoms. The minimum absolute atomic E-state index is 0.361. The molecule has 0 aromatic carbocycles. The molecule has 0 N–H and O–H groups in total. The highest BCUT2D eigenvalue weighted by Gasteiger charge is 2.40. The Kier molecular flexibility index (Phi) is 8.48. The van der Waals surface area contributed by atoms with Crippen molar-refractivity contribution in [2.45, 2.75) is 116 Å². The van der Waals surface area contributed by atoms with Gasteiger partial charge in [0.2, 0.25) is 0 Å². The summed E-state index contributed by atoms with van der Waals surface area (Å²) in [5, 5.41) is 0. The van der Waals surface area contributed by atoms with E-state index in [-0.39, 0.29) is 0 Å². The lowest BCUT2D eigenvalue weighted by Crippen LogP contribution is -2.43. The predicted octanol–water partition coefficient (Wildman–Crippen LogP) is 7.56. The van der Waals surface area contributed by atoms with Crippen LogP contribution in [-0.4, -0.2) is 22.5 Å². The molecular weight excluding hydrogens is 324 g/mol. The van der Waals surface area contributed by atoms with Gasteiger partial charge in [-0.2, -0.15) is 0 Å². The van der Waals surface area contributed by atoms with Crippen molar-refractivity contribution in [1.29, 1.82) is 0 Å². The van der Waals surface area contributed by atoms with Crippen LogP contribution in [0.1, 0.15) is 73.6 Å². The average Bonchev–Trinajstić information content (AvgIpc) is 2.45. The standard InChI is InChI=1S/C21H44OSi2/c1-17(2)24(18(3)4,19(5)6)16-15-21(22-23(7,8)9)20-13-11-10-12-14-20/h15-21H,10-14H2,1-9H3/b16-15+. The van der Waals surface area contributed by atoms with Crippen molar-refractivity contribution in [2.75, 3.05) is 0 Å². The Morgan fingerprint density at radius 3 is 1.62 bits per heavy atom. The molecule has 0 radical (unpaired) electrons. The van der Waals surface area contributed by atoms with E-state index < -0.39 is 16.4 Å². The predicted molar refractivity (Wildman–Crippen MR) is 115 cm³/mol. The van der Waals surface area contributed by atoms with Crippen LogP contribution in [0, 0.1) is 5.92 Å². The van der Waals surface area contributed by atoms with E-state index in [1.165, 1.54) is 32.1 Å². The molecule has 0 amide bonds. The summed E-state index contributed by atoms with van der Waals surface area (Å²) in [6.07, 6.45) is 9.83. The van der Waals surface area contributed by atoms with Gasteiger partial charge in [0.15, 0.2) is 8.32 Å². The summed E-state index contributed by atoms with van der Waals surface area (Å²) in [5.41, 5.74) is 5.06. The summed E-state index contributed by atoms with van der Waals surface area (Å²) in [7, 11) is -2.99. The van der Waals surface area contributed by atoms with Gasteiger partial charge in [0.05, 0.1) is 14.2 Å². The van der Waals surface area contributed by atoms with Gasteiger partial charge >= 0.3 is 0 Å². The van der Waals surface area contributed by atoms with E-state index in [4.69, 9.17) is 4.43 Å². The molecule has 3 heteroatoms. The van der Waals surface area contributed by atoms with Crippen LogP contribution in [0.15, 0.2) is 11.8 Å². The molecule has 1 rings (SSSR count). The zero-order valence-electron chi connectivity index (χ0n) is 18.0. The molecule has 1 aliphatic rings. The molecule has 0 heterocycles. The molecule has 142 valence electrons. The first-order valence-corrected chi connectivity index (χ1v) is 16.1. The highest BCUT2D eigenvalue weighted by Crippen LogP contribution is 2.43. The first kappa shape index (κ1) is 22.2. The van der Waals surface area contributed by atoms with Gasteiger partial charge in [0, 0.05) is 0 Å². The highest BCUT2D eigenvalue weighted by atomic mass is 28.4. The molecule has 1 unspecified atom stereocenters. The van der Waals surface area contributed by atoms with Crippen molar-refractivity contribution in [3.8, 4) is 0 Å². The molecule has 24 heavy (non-hydrogen) atoms. The Bertz CT molecular complexity index is 365. The van der Waals surface area contributed by atoms with E-state index in [2.05, 4.69) is 73.0 Å². The second-order valence-corrected chi connectivity index (χ2v) is 20.2. The van der Waals surface area contributed by atoms with Crippen LogP contribution in [0.5, 0.6) is 0 Å². The Balaban J connectivity index is 3.10. The lowest BCUT2D eigenvalue weighted by molar-refractivity contribution is 0.140. The van der Waals surface area contributed by atoms with Gasteiger partial charge in [0.1, 0.15) is 0 Å². The fourth-order valence-electron chi connectivity index (χ4n) is 5.00. The van der Waals surface area contributed by atoms with Crippen LogP contribution in [-0.2, 0) is 4.43 Å². The Morgan fingerprint density at radius 2 is 1.25 bits per heavy atom. The summed E-state index contributed by atoms with van der Waals surface area (Å²) in [6.45, 7) is 21.7. The Hall–Kier alpha value is 0.134. The second kappa shape index (κ2) is 9.18. The minimum Gasteiger partial charge on any atom is -0.411 e. The molecule has 1 aliphatic carbocycles. The quantitative estimate of drug-likeness (QED) is 0.401. The van der Waals surface area contributed by atoms with Crippen molar-refractivity contribution in [3.05, 3.63) is 11.8 Å². The summed E-state index contributed by atoms with van der Waals surface area (Å²) >= 11 is 0. The van der Waals surface area contributed by atoms with Gasteiger partial charge in [-0.3, -0.25) is 0 Å². The third-order valence-corrected chi connectivity index (χ3v) is 13.9. The van der Waals surface area contributed by atoms with Crippen LogP contribution in [0.3, 0.4) is 0 Å². The Morgan fingerprint density at radius 1 is 0.792 bits per heavy atom. The van der Waals surface area contributed by atoms with Crippen LogP contribution in [0.25, 0.3) is 0 Å². The van der Waals surface area contributed by atoms with Crippen LogP contribution in [0.2, 0.25) is 36.3 Å². The van der Waals surface area contributed by atoms with Gasteiger partial charge in [0.25, 0.3) is 0 Å². The second-order valence-electron chi connectivity index (χ2n) is 9.92. The maximum Gasteiger partial charge on any atom is 0.184 e. The average molecular weight is 369 g/mol. The van der Waals surface area contributed by atoms with Crippen molar-refractivity contribution in [1.82, 2.24) is 0 Å². The molecule has 0 saturated heterocycles. The first-order chi connectivity index (χ1) is 11.0. The lowest BCUT2D eigenvalue weighted by atomic mass is 9.85. The van der Waals surface area contributed by atoms with Crippen molar-refractivity contribution in [2.24, 2.45) is 5.92 Å². The monoisotopic (exact) mass is 368 g/mol. The highest BCUT2D eigenvalue weighted by molar-refractivity contribution is 6.88. The van der Waals surface area contributed by atoms with Crippen molar-refractivity contribution < 1.29 is 4.43 Å². The summed E-state index contributed by atoms with van der Waals surface area (Å²) < 4.78 is 6.69. The van der Waals surface area contributed by atoms with Gasteiger partial charge in [-0.1, -0.05) is 72.6 Å². The molecule has 0 spiro atoms. The summed E-state index contributed by atoms with van der Waals surface area (Å²) in [5.74, 6) is 0.750. The zero-order valence-corrected chi connectivity index (χ0v) is 20.0. The molecule has 1 fully saturated rings. The third-order valence-electron chi connectivity index (χ3n) is 6.18. The maximum atomic E-state index is 6.69. The van der Waals surface area contributed by atoms with Crippen LogP contribution < -0.4 is 0 Å². The third kappa shape index (κ3) is 5.84. The maximum absolute atomic E-state index is 6.69. The first-order valence-electron chi connectivity index (χ1n) is 10.4. The number of hydrogen-bond donors (Lipinski definition) is 0. The fraction of sp³-hybridized carbons (Fsp3) is 0.905. The molecular formula is C21H44OSi2. The van der Waals surface area contributed by atoms with Gasteiger partial charge in [-0.05, 0) is 55.0 Å². The largest absolute Gasteiger partial charge is 0.411 e. The van der Waals surface area contributed by atoms with Gasteiger partial charge in [-0.15, -0.1) is 0 Å². The van der Waals surface area contributed by atoms with Gasteiger partial charge < -0.3 is 4.43 Å². The molecule has 1 nitrogen and oxygen atoms in total. The van der Waals surface area contributed by atoms with E-state index >= 15 is 0 Å². The smallest absolute Gasteiger partial charge is 0.184 e. The molecule has 0 aliphatic heterocycles. The van der Waals surface area contributed by atoms with Crippen molar-refractivity contribution >= 4 is 16.4 Å². The van der Waals surface area contributed by atoms with Gasteiger partial charge in [-0.25, -0.2) is 0 Å². The van der Waals surface area contributed by atoms with Crippen LogP contribution >= 0.6 is 0 Å². The Labute approximate surface area is 154 Å². The summed E-state index contributed by atoms with van der Waals surface area (Å²) in [6, 6.07) is 0. The molecule has 1 atom stereocenters. The van der Waals surface area contributed by atoms with E-state index in [1.807, 2.05) is 0 Å². The SMILES string of the molecule is CC(C)[Si](/C=C/C(O[Si](C)(C)C)C1CCCCC1)(C(C)C)C(C)C. The molecule has 0 aromatic heterocycles. The van der Waals surface area contributed by atoms with Crippen LogP contribution in [0.4, 0.5) is 0 Å². The number of hydrogen-bond acceptors (Lipinski definition) is 1. The molecule has 1 saturated carbocycles. The normalized spacial score (nSPS) is 19.8. The van der Waals surface area contributed by atoms with E-state index in [0.29, 0.717) is 6.10 Å². The van der Waals surface area contributed by atoms with Crippen molar-refractivity contribution in [3.63, 3.8) is 0 Å². The zero-order chi connectivity index (χ0) is 18.5. The van der Waals surface area contributed by atoms with E-state index in [1.54, 1.807) is 0 Å². The van der Waals surface area contributed by atoms with E-state index in [0.717, 1.165) is 22.5 Å². The topological polar surface area (TPSA) is 9.23 Å². The lowest BCUT2D eigenvalue weighted by Gasteiger charge is -2.41. The van der Waals surface area contributed by atoms with E-state index in [9.17, 15) is 0 Å². The molecule has 0 aromatic rings. The number of rotatable bonds is 8.